The molecular weight excluding hydrogens is 426 g/mol. The number of aromatic nitrogens is 3. The highest BCUT2D eigenvalue weighted by atomic mass is 16.2. The molecule has 0 spiro atoms. The summed E-state index contributed by atoms with van der Waals surface area (Å²) in [5.41, 5.74) is 2.90. The van der Waals surface area contributed by atoms with Gasteiger partial charge in [0.15, 0.2) is 0 Å². The fourth-order valence-corrected chi connectivity index (χ4v) is 4.23. The molecular formula is C27H31N5O2. The van der Waals surface area contributed by atoms with Crippen LogP contribution >= 0.6 is 0 Å². The highest BCUT2D eigenvalue weighted by Gasteiger charge is 2.19. The van der Waals surface area contributed by atoms with Crippen LogP contribution in [0, 0.1) is 12.3 Å². The van der Waals surface area contributed by atoms with Crippen molar-refractivity contribution in [2.24, 2.45) is 0 Å². The molecule has 1 aromatic carbocycles. The number of carbonyl (C=O) groups is 1. The molecule has 0 aliphatic carbocycles. The van der Waals surface area contributed by atoms with Gasteiger partial charge in [-0.2, -0.15) is 0 Å². The minimum Gasteiger partial charge on any atom is -0.345 e. The van der Waals surface area contributed by atoms with E-state index in [1.165, 1.54) is 10.5 Å². The van der Waals surface area contributed by atoms with Gasteiger partial charge in [-0.25, -0.2) is 4.98 Å². The zero-order valence-electron chi connectivity index (χ0n) is 20.0. The number of unbranched alkanes of at least 4 members (excludes halogenated alkanes) is 3. The van der Waals surface area contributed by atoms with E-state index in [9.17, 15) is 9.59 Å². The summed E-state index contributed by atoms with van der Waals surface area (Å²) in [6.07, 6.45) is 5.81. The highest BCUT2D eigenvalue weighted by molar-refractivity contribution is 5.97. The number of nitrogens with one attached hydrogen (secondary N) is 2. The molecule has 0 saturated heterocycles. The maximum atomic E-state index is 13.4. The average molecular weight is 458 g/mol. The van der Waals surface area contributed by atoms with Crippen LogP contribution in [0.25, 0.3) is 16.7 Å². The van der Waals surface area contributed by atoms with Crippen molar-refractivity contribution in [1.29, 1.82) is 5.41 Å². The number of fused-ring (bicyclic) bond motifs is 2. The summed E-state index contributed by atoms with van der Waals surface area (Å²) in [4.78, 5) is 31.4. The first-order valence-electron chi connectivity index (χ1n) is 11.9. The Kier molecular flexibility index (Phi) is 6.91. The van der Waals surface area contributed by atoms with Crippen LogP contribution in [-0.4, -0.2) is 19.9 Å². The molecule has 7 nitrogen and oxygen atoms in total. The van der Waals surface area contributed by atoms with Crippen molar-refractivity contribution < 1.29 is 4.79 Å². The number of hydrogen-bond donors (Lipinski definition) is 2. The summed E-state index contributed by atoms with van der Waals surface area (Å²) in [6.45, 7) is 6.50. The number of benzene rings is 1. The van der Waals surface area contributed by atoms with Gasteiger partial charge in [-0.05, 0) is 43.5 Å². The zero-order valence-corrected chi connectivity index (χ0v) is 20.0. The van der Waals surface area contributed by atoms with E-state index in [1.54, 1.807) is 10.8 Å². The Labute approximate surface area is 198 Å². The molecule has 7 heteroatoms. The molecule has 34 heavy (non-hydrogen) atoms. The molecule has 0 bridgehead atoms. The first-order chi connectivity index (χ1) is 16.4. The summed E-state index contributed by atoms with van der Waals surface area (Å²) in [5.74, 6) is -0.376. The lowest BCUT2D eigenvalue weighted by Gasteiger charge is -2.17. The van der Waals surface area contributed by atoms with Crippen LogP contribution in [0.1, 0.15) is 67.1 Å². The number of amides is 1. The van der Waals surface area contributed by atoms with Gasteiger partial charge in [0.1, 0.15) is 16.8 Å². The van der Waals surface area contributed by atoms with E-state index >= 15 is 0 Å². The van der Waals surface area contributed by atoms with Crippen LogP contribution in [0.15, 0.2) is 59.5 Å². The summed E-state index contributed by atoms with van der Waals surface area (Å²) < 4.78 is 3.23. The first-order valence-corrected chi connectivity index (χ1v) is 11.9. The minimum atomic E-state index is -0.376. The number of rotatable bonds is 8. The van der Waals surface area contributed by atoms with E-state index < -0.39 is 0 Å². The summed E-state index contributed by atoms with van der Waals surface area (Å²) in [7, 11) is 0. The van der Waals surface area contributed by atoms with E-state index in [1.807, 2.05) is 56.3 Å². The molecule has 2 N–H and O–H groups in total. The van der Waals surface area contributed by atoms with Gasteiger partial charge >= 0.3 is 0 Å². The van der Waals surface area contributed by atoms with Crippen molar-refractivity contribution in [3.8, 4) is 0 Å². The van der Waals surface area contributed by atoms with Crippen LogP contribution < -0.4 is 16.4 Å². The minimum absolute atomic E-state index is 0.0742. The summed E-state index contributed by atoms with van der Waals surface area (Å²) in [5, 5.41) is 12.2. The lowest BCUT2D eigenvalue weighted by molar-refractivity contribution is 0.0937. The third-order valence-corrected chi connectivity index (χ3v) is 6.18. The SMILES string of the molecule is CCCCCCn1c(=N)c(C(=O)NC(C)c2ccccc2)cc2c(=O)n3cc(C)ccc3nc21. The Balaban J connectivity index is 1.84. The largest absolute Gasteiger partial charge is 0.345 e. The number of hydrogen-bond acceptors (Lipinski definition) is 4. The van der Waals surface area contributed by atoms with Crippen molar-refractivity contribution in [1.82, 2.24) is 19.3 Å². The smallest absolute Gasteiger partial charge is 0.267 e. The van der Waals surface area contributed by atoms with Gasteiger partial charge in [-0.1, -0.05) is 62.6 Å². The Morgan fingerprint density at radius 3 is 2.62 bits per heavy atom. The molecule has 1 amide bonds. The zero-order chi connectivity index (χ0) is 24.2. The fourth-order valence-electron chi connectivity index (χ4n) is 4.23. The van der Waals surface area contributed by atoms with Gasteiger partial charge < -0.3 is 9.88 Å². The van der Waals surface area contributed by atoms with Gasteiger partial charge in [0.05, 0.1) is 17.0 Å². The van der Waals surface area contributed by atoms with Crippen molar-refractivity contribution >= 4 is 22.6 Å². The van der Waals surface area contributed by atoms with Gasteiger partial charge in [-0.3, -0.25) is 19.4 Å². The van der Waals surface area contributed by atoms with Crippen LogP contribution in [-0.2, 0) is 6.54 Å². The molecule has 0 aliphatic heterocycles. The predicted molar refractivity (Wildman–Crippen MR) is 134 cm³/mol. The molecule has 3 aromatic heterocycles. The first kappa shape index (κ1) is 23.4. The van der Waals surface area contributed by atoms with Crippen molar-refractivity contribution in [2.75, 3.05) is 0 Å². The molecule has 176 valence electrons. The lowest BCUT2D eigenvalue weighted by Crippen LogP contribution is -2.36. The number of nitrogens with zero attached hydrogens (tertiary/aromatic N) is 3. The van der Waals surface area contributed by atoms with Crippen molar-refractivity contribution in [3.63, 3.8) is 0 Å². The van der Waals surface area contributed by atoms with Crippen LogP contribution in [0.2, 0.25) is 0 Å². The normalized spacial score (nSPS) is 12.2. The second-order valence-corrected chi connectivity index (χ2v) is 8.81. The Morgan fingerprint density at radius 2 is 1.88 bits per heavy atom. The predicted octanol–water partition coefficient (Wildman–Crippen LogP) is 4.51. The lowest BCUT2D eigenvalue weighted by atomic mass is 10.1. The fraction of sp³-hybridized carbons (Fsp3) is 0.333. The summed E-state index contributed by atoms with van der Waals surface area (Å²) in [6, 6.07) is 14.7. The van der Waals surface area contributed by atoms with Gasteiger partial charge in [0.25, 0.3) is 11.5 Å². The number of aryl methyl sites for hydroxylation is 2. The molecule has 1 unspecified atom stereocenters. The number of carbonyl (C=O) groups excluding carboxylic acids is 1. The quantitative estimate of drug-likeness (QED) is 0.301. The molecule has 3 heterocycles. The topological polar surface area (TPSA) is 92.2 Å². The van der Waals surface area contributed by atoms with Gasteiger partial charge in [0, 0.05) is 12.7 Å². The highest BCUT2D eigenvalue weighted by Crippen LogP contribution is 2.15. The van der Waals surface area contributed by atoms with Crippen molar-refractivity contribution in [3.05, 3.63) is 87.3 Å². The van der Waals surface area contributed by atoms with E-state index in [0.29, 0.717) is 23.2 Å². The Hall–Kier alpha value is -3.74. The molecule has 0 saturated carbocycles. The standard InChI is InChI=1S/C27H31N5O2/c1-4-5-6-10-15-31-24(28)21(26(33)29-19(3)20-11-8-7-9-12-20)16-22-25(31)30-23-14-13-18(2)17-32(23)27(22)34/h7-9,11-14,16-17,19,28H,4-6,10,15H2,1-3H3,(H,29,33). The monoisotopic (exact) mass is 457 g/mol. The Bertz CT molecular complexity index is 1450. The van der Waals surface area contributed by atoms with E-state index in [4.69, 9.17) is 10.4 Å². The van der Waals surface area contributed by atoms with E-state index in [2.05, 4.69) is 12.2 Å². The molecule has 4 rings (SSSR count). The third-order valence-electron chi connectivity index (χ3n) is 6.18. The van der Waals surface area contributed by atoms with E-state index in [-0.39, 0.29) is 28.6 Å². The van der Waals surface area contributed by atoms with Crippen LogP contribution in [0.5, 0.6) is 0 Å². The maximum Gasteiger partial charge on any atom is 0.267 e. The second-order valence-electron chi connectivity index (χ2n) is 8.81. The van der Waals surface area contributed by atoms with Gasteiger partial charge in [-0.15, -0.1) is 0 Å². The molecule has 1 atom stereocenters. The number of pyridine rings is 2. The van der Waals surface area contributed by atoms with Crippen LogP contribution in [0.4, 0.5) is 0 Å². The average Bonchev–Trinajstić information content (AvgIpc) is 2.84. The van der Waals surface area contributed by atoms with Crippen LogP contribution in [0.3, 0.4) is 0 Å². The summed E-state index contributed by atoms with van der Waals surface area (Å²) >= 11 is 0. The van der Waals surface area contributed by atoms with Gasteiger partial charge in [0.2, 0.25) is 0 Å². The maximum absolute atomic E-state index is 13.4. The Morgan fingerprint density at radius 1 is 1.12 bits per heavy atom. The molecule has 0 aliphatic rings. The third kappa shape index (κ3) is 4.64. The van der Waals surface area contributed by atoms with E-state index in [0.717, 1.165) is 36.8 Å². The molecule has 4 aromatic rings. The second kappa shape index (κ2) is 10.0. The molecule has 0 radical (unpaired) electrons. The molecule has 0 fully saturated rings. The van der Waals surface area contributed by atoms with Crippen molar-refractivity contribution in [2.45, 2.75) is 59.0 Å².